The molecule has 2 amide bonds. The highest BCUT2D eigenvalue weighted by atomic mass is 16.4. The smallest absolute Gasteiger partial charge is 0.326 e. The van der Waals surface area contributed by atoms with Gasteiger partial charge in [0.25, 0.3) is 0 Å². The maximum Gasteiger partial charge on any atom is 0.326 e. The molecule has 0 aliphatic rings. The summed E-state index contributed by atoms with van der Waals surface area (Å²) in [7, 11) is 0. The normalized spacial score (nSPS) is 11.7. The van der Waals surface area contributed by atoms with E-state index in [1.165, 1.54) is 17.4 Å². The van der Waals surface area contributed by atoms with Crippen LogP contribution in [0.25, 0.3) is 0 Å². The fraction of sp³-hybridized carbons (Fsp3) is 0.538. The molecule has 8 nitrogen and oxygen atoms in total. The van der Waals surface area contributed by atoms with Crippen LogP contribution in [0.1, 0.15) is 26.0 Å². The fourth-order valence-corrected chi connectivity index (χ4v) is 1.81. The Balaban J connectivity index is 2.70. The molecule has 0 fully saturated rings. The summed E-state index contributed by atoms with van der Waals surface area (Å²) >= 11 is 0. The summed E-state index contributed by atoms with van der Waals surface area (Å²) in [6, 6.07) is 0.296. The van der Waals surface area contributed by atoms with Crippen LogP contribution in [0.4, 0.5) is 4.79 Å². The second kappa shape index (κ2) is 7.89. The van der Waals surface area contributed by atoms with Crippen LogP contribution in [-0.4, -0.2) is 50.6 Å². The highest BCUT2D eigenvalue weighted by Gasteiger charge is 2.25. The predicted molar refractivity (Wildman–Crippen MR) is 74.3 cm³/mol. The Labute approximate surface area is 122 Å². The first kappa shape index (κ1) is 16.5. The van der Waals surface area contributed by atoms with E-state index in [4.69, 9.17) is 5.26 Å². The van der Waals surface area contributed by atoms with Crippen molar-refractivity contribution in [1.82, 2.24) is 20.2 Å². The molecule has 0 aliphatic carbocycles. The highest BCUT2D eigenvalue weighted by molar-refractivity contribution is 5.82. The van der Waals surface area contributed by atoms with Gasteiger partial charge >= 0.3 is 12.0 Å². The van der Waals surface area contributed by atoms with E-state index in [1.54, 1.807) is 0 Å². The van der Waals surface area contributed by atoms with E-state index in [0.717, 1.165) is 0 Å². The molecule has 8 heteroatoms. The van der Waals surface area contributed by atoms with Gasteiger partial charge in [-0.05, 0) is 13.8 Å². The van der Waals surface area contributed by atoms with E-state index < -0.39 is 18.0 Å². The lowest BCUT2D eigenvalue weighted by atomic mass is 10.1. The number of amides is 2. The Hall–Kier alpha value is -2.56. The first-order valence-corrected chi connectivity index (χ1v) is 6.59. The number of aliphatic carboxylic acids is 1. The molecule has 0 spiro atoms. The number of nitriles is 1. The van der Waals surface area contributed by atoms with Crippen molar-refractivity contribution in [2.75, 3.05) is 6.54 Å². The summed E-state index contributed by atoms with van der Waals surface area (Å²) in [6.45, 7) is 3.87. The van der Waals surface area contributed by atoms with E-state index in [0.29, 0.717) is 5.69 Å². The van der Waals surface area contributed by atoms with E-state index >= 15 is 0 Å². The minimum absolute atomic E-state index is 0.116. The zero-order chi connectivity index (χ0) is 15.8. The van der Waals surface area contributed by atoms with Gasteiger partial charge in [-0.2, -0.15) is 5.26 Å². The van der Waals surface area contributed by atoms with Gasteiger partial charge in [0.1, 0.15) is 6.04 Å². The van der Waals surface area contributed by atoms with Crippen molar-refractivity contribution in [3.05, 3.63) is 18.2 Å². The third-order valence-corrected chi connectivity index (χ3v) is 2.92. The molecular formula is C13H19N5O3. The number of carbonyl (C=O) groups is 2. The van der Waals surface area contributed by atoms with Crippen molar-refractivity contribution in [2.45, 2.75) is 38.8 Å². The number of H-pyrrole nitrogens is 1. The molecule has 0 bridgehead atoms. The number of carboxylic acid groups (broad SMARTS) is 1. The number of imidazole rings is 1. The number of hydrogen-bond acceptors (Lipinski definition) is 4. The van der Waals surface area contributed by atoms with Crippen molar-refractivity contribution in [1.29, 1.82) is 5.26 Å². The molecule has 3 N–H and O–H groups in total. The van der Waals surface area contributed by atoms with Crippen molar-refractivity contribution >= 4 is 12.0 Å². The van der Waals surface area contributed by atoms with Crippen molar-refractivity contribution in [2.24, 2.45) is 0 Å². The van der Waals surface area contributed by atoms with Gasteiger partial charge in [-0.1, -0.05) is 0 Å². The standard InChI is InChI=1S/C13H19N5O3/c1-9(2)18(5-3-4-14)13(21)17-11(12(19)20)6-10-7-15-8-16-10/h7-9,11H,3,5-6H2,1-2H3,(H,15,16)(H,17,21)(H,19,20). The van der Waals surface area contributed by atoms with Gasteiger partial charge in [0.05, 0.1) is 18.8 Å². The minimum Gasteiger partial charge on any atom is -0.480 e. The molecule has 0 radical (unpaired) electrons. The Morgan fingerprint density at radius 1 is 1.57 bits per heavy atom. The number of nitrogens with zero attached hydrogens (tertiary/aromatic N) is 3. The van der Waals surface area contributed by atoms with Crippen LogP contribution < -0.4 is 5.32 Å². The highest BCUT2D eigenvalue weighted by Crippen LogP contribution is 2.04. The third-order valence-electron chi connectivity index (χ3n) is 2.92. The fourth-order valence-electron chi connectivity index (χ4n) is 1.81. The molecule has 0 saturated carbocycles. The van der Waals surface area contributed by atoms with Gasteiger partial charge in [-0.25, -0.2) is 14.6 Å². The van der Waals surface area contributed by atoms with Gasteiger partial charge in [0, 0.05) is 30.9 Å². The van der Waals surface area contributed by atoms with Gasteiger partial charge in [-0.3, -0.25) is 0 Å². The SMILES string of the molecule is CC(C)N(CCC#N)C(=O)NC(Cc1cnc[nH]1)C(=O)O. The second-order valence-electron chi connectivity index (χ2n) is 4.82. The van der Waals surface area contributed by atoms with Gasteiger partial charge in [0.2, 0.25) is 0 Å². The van der Waals surface area contributed by atoms with Crippen molar-refractivity contribution in [3.63, 3.8) is 0 Å². The van der Waals surface area contributed by atoms with Crippen LogP contribution in [0, 0.1) is 11.3 Å². The number of carbonyl (C=O) groups excluding carboxylic acids is 1. The Bertz CT molecular complexity index is 506. The minimum atomic E-state index is -1.12. The molecule has 0 aromatic carbocycles. The van der Waals surface area contributed by atoms with Crippen molar-refractivity contribution in [3.8, 4) is 6.07 Å². The molecule has 1 unspecified atom stereocenters. The van der Waals surface area contributed by atoms with E-state index in [-0.39, 0.29) is 25.4 Å². The average Bonchev–Trinajstić information content (AvgIpc) is 2.90. The Morgan fingerprint density at radius 2 is 2.29 bits per heavy atom. The molecule has 1 aromatic heterocycles. The van der Waals surface area contributed by atoms with E-state index in [2.05, 4.69) is 15.3 Å². The molecule has 114 valence electrons. The lowest BCUT2D eigenvalue weighted by molar-refractivity contribution is -0.139. The van der Waals surface area contributed by atoms with Gasteiger partial charge < -0.3 is 20.3 Å². The molecule has 1 heterocycles. The van der Waals surface area contributed by atoms with Crippen LogP contribution in [0.2, 0.25) is 0 Å². The van der Waals surface area contributed by atoms with Crippen LogP contribution in [-0.2, 0) is 11.2 Å². The van der Waals surface area contributed by atoms with Crippen molar-refractivity contribution < 1.29 is 14.7 Å². The molecule has 1 aromatic rings. The molecule has 1 rings (SSSR count). The first-order chi connectivity index (χ1) is 9.95. The second-order valence-corrected chi connectivity index (χ2v) is 4.82. The maximum absolute atomic E-state index is 12.2. The number of rotatable bonds is 7. The Morgan fingerprint density at radius 3 is 2.76 bits per heavy atom. The zero-order valence-electron chi connectivity index (χ0n) is 12.0. The number of urea groups is 1. The van der Waals surface area contributed by atoms with Crippen LogP contribution in [0.3, 0.4) is 0 Å². The monoisotopic (exact) mass is 293 g/mol. The quantitative estimate of drug-likeness (QED) is 0.684. The largest absolute Gasteiger partial charge is 0.480 e. The average molecular weight is 293 g/mol. The molecule has 21 heavy (non-hydrogen) atoms. The lowest BCUT2D eigenvalue weighted by Gasteiger charge is -2.27. The van der Waals surface area contributed by atoms with E-state index in [9.17, 15) is 14.7 Å². The molecule has 0 aliphatic heterocycles. The summed E-state index contributed by atoms with van der Waals surface area (Å²) in [5, 5.41) is 20.3. The molecule has 0 saturated heterocycles. The summed E-state index contributed by atoms with van der Waals surface area (Å²) in [5.74, 6) is -1.12. The topological polar surface area (TPSA) is 122 Å². The number of aromatic nitrogens is 2. The number of aromatic amines is 1. The van der Waals surface area contributed by atoms with E-state index in [1.807, 2.05) is 19.9 Å². The van der Waals surface area contributed by atoms with Crippen LogP contribution >= 0.6 is 0 Å². The summed E-state index contributed by atoms with van der Waals surface area (Å²) < 4.78 is 0. The lowest BCUT2D eigenvalue weighted by Crippen LogP contribution is -2.51. The number of nitrogens with one attached hydrogen (secondary N) is 2. The predicted octanol–water partition coefficient (Wildman–Crippen LogP) is 0.739. The van der Waals surface area contributed by atoms with Gasteiger partial charge in [-0.15, -0.1) is 0 Å². The third kappa shape index (κ3) is 5.14. The molecular weight excluding hydrogens is 274 g/mol. The number of carboxylic acids is 1. The zero-order valence-corrected chi connectivity index (χ0v) is 12.0. The number of hydrogen-bond donors (Lipinski definition) is 3. The first-order valence-electron chi connectivity index (χ1n) is 6.59. The van der Waals surface area contributed by atoms with Crippen LogP contribution in [0.15, 0.2) is 12.5 Å². The summed E-state index contributed by atoms with van der Waals surface area (Å²) in [4.78, 5) is 31.4. The van der Waals surface area contributed by atoms with Gasteiger partial charge in [0.15, 0.2) is 0 Å². The Kier molecular flexibility index (Phi) is 6.20. The molecule has 1 atom stereocenters. The maximum atomic E-state index is 12.2. The summed E-state index contributed by atoms with van der Waals surface area (Å²) in [5.41, 5.74) is 0.621. The van der Waals surface area contributed by atoms with Crippen LogP contribution in [0.5, 0.6) is 0 Å². The summed E-state index contributed by atoms with van der Waals surface area (Å²) in [6.07, 6.45) is 3.27.